The topological polar surface area (TPSA) is 97.4 Å². The first kappa shape index (κ1) is 23.3. The third-order valence-electron chi connectivity index (χ3n) is 4.72. The highest BCUT2D eigenvalue weighted by Gasteiger charge is 2.15. The number of rotatable bonds is 9. The van der Waals surface area contributed by atoms with Crippen LogP contribution in [0, 0.1) is 0 Å². The number of carbonyl (C=O) groups excluding carboxylic acids is 1. The van der Waals surface area contributed by atoms with Crippen molar-refractivity contribution in [3.63, 3.8) is 0 Å². The molecule has 0 aliphatic heterocycles. The predicted octanol–water partition coefficient (Wildman–Crippen LogP) is 4.94. The normalized spacial score (nSPS) is 11.2. The number of hydrogen-bond acceptors (Lipinski definition) is 5. The highest BCUT2D eigenvalue weighted by Crippen LogP contribution is 2.24. The van der Waals surface area contributed by atoms with Crippen molar-refractivity contribution in [1.29, 1.82) is 0 Å². The molecule has 2 N–H and O–H groups in total. The van der Waals surface area contributed by atoms with Gasteiger partial charge in [-0.25, -0.2) is 13.4 Å². The molecule has 0 spiro atoms. The molecule has 7 nitrogen and oxygen atoms in total. The standard InChI is InChI=1S/C24H27N3O4S/c1-4-15-25-24(28)19-7-14-23(26-16-19)31-21-10-8-20(9-11-21)27-32(29,30)22-12-5-18(6-13-22)17(2)3/h5-14,16-17,27H,4,15H2,1-3H3,(H,25,28). The number of nitrogens with one attached hydrogen (secondary N) is 2. The molecule has 1 aromatic heterocycles. The molecule has 1 amide bonds. The average molecular weight is 454 g/mol. The Labute approximate surface area is 188 Å². The summed E-state index contributed by atoms with van der Waals surface area (Å²) < 4.78 is 33.5. The molecule has 0 saturated heterocycles. The Hall–Kier alpha value is -3.39. The van der Waals surface area contributed by atoms with E-state index in [0.717, 1.165) is 12.0 Å². The minimum atomic E-state index is -3.69. The Morgan fingerprint density at radius 2 is 1.69 bits per heavy atom. The van der Waals surface area contributed by atoms with Crippen LogP contribution in [-0.4, -0.2) is 25.9 Å². The molecule has 0 aliphatic carbocycles. The molecule has 0 radical (unpaired) electrons. The number of hydrogen-bond donors (Lipinski definition) is 2. The highest BCUT2D eigenvalue weighted by atomic mass is 32.2. The van der Waals surface area contributed by atoms with Crippen molar-refractivity contribution in [2.24, 2.45) is 0 Å². The zero-order chi connectivity index (χ0) is 23.1. The lowest BCUT2D eigenvalue weighted by Crippen LogP contribution is -2.23. The van der Waals surface area contributed by atoms with Crippen LogP contribution in [0.15, 0.2) is 71.8 Å². The van der Waals surface area contributed by atoms with Gasteiger partial charge in [-0.2, -0.15) is 0 Å². The number of anilines is 1. The third-order valence-corrected chi connectivity index (χ3v) is 6.12. The average Bonchev–Trinajstić information content (AvgIpc) is 2.79. The van der Waals surface area contributed by atoms with E-state index in [4.69, 9.17) is 4.74 Å². The van der Waals surface area contributed by atoms with Crippen molar-refractivity contribution in [2.45, 2.75) is 38.0 Å². The van der Waals surface area contributed by atoms with Gasteiger partial charge in [-0.3, -0.25) is 9.52 Å². The molecule has 3 rings (SSSR count). The highest BCUT2D eigenvalue weighted by molar-refractivity contribution is 7.92. The monoisotopic (exact) mass is 453 g/mol. The number of aromatic nitrogens is 1. The summed E-state index contributed by atoms with van der Waals surface area (Å²) in [4.78, 5) is 16.3. The Balaban J connectivity index is 1.63. The summed E-state index contributed by atoms with van der Waals surface area (Å²) >= 11 is 0. The number of pyridine rings is 1. The van der Waals surface area contributed by atoms with Crippen LogP contribution in [0.4, 0.5) is 5.69 Å². The minimum Gasteiger partial charge on any atom is -0.439 e. The van der Waals surface area contributed by atoms with Crippen LogP contribution < -0.4 is 14.8 Å². The molecule has 0 fully saturated rings. The largest absolute Gasteiger partial charge is 0.439 e. The van der Waals surface area contributed by atoms with Gasteiger partial charge in [0.2, 0.25) is 5.88 Å². The summed E-state index contributed by atoms with van der Waals surface area (Å²) in [5, 5.41) is 2.79. The Kier molecular flexibility index (Phi) is 7.48. The van der Waals surface area contributed by atoms with Crippen LogP contribution in [0.5, 0.6) is 11.6 Å². The number of carbonyl (C=O) groups is 1. The molecule has 0 aliphatic rings. The Morgan fingerprint density at radius 3 is 2.25 bits per heavy atom. The third kappa shape index (κ3) is 6.07. The van der Waals surface area contributed by atoms with Gasteiger partial charge in [0.05, 0.1) is 10.5 Å². The molecular formula is C24H27N3O4S. The summed E-state index contributed by atoms with van der Waals surface area (Å²) in [6.07, 6.45) is 2.31. The molecule has 0 bridgehead atoms. The minimum absolute atomic E-state index is 0.179. The Morgan fingerprint density at radius 1 is 1.00 bits per heavy atom. The first-order valence-corrected chi connectivity index (χ1v) is 11.9. The predicted molar refractivity (Wildman–Crippen MR) is 125 cm³/mol. The summed E-state index contributed by atoms with van der Waals surface area (Å²) in [5.41, 5.74) is 1.95. The molecule has 168 valence electrons. The molecule has 0 atom stereocenters. The van der Waals surface area contributed by atoms with Crippen LogP contribution in [0.3, 0.4) is 0 Å². The van der Waals surface area contributed by atoms with E-state index >= 15 is 0 Å². The smallest absolute Gasteiger partial charge is 0.261 e. The van der Waals surface area contributed by atoms with E-state index in [0.29, 0.717) is 35.3 Å². The second-order valence-electron chi connectivity index (χ2n) is 7.60. The summed E-state index contributed by atoms with van der Waals surface area (Å²) in [6.45, 7) is 6.70. The van der Waals surface area contributed by atoms with Crippen molar-refractivity contribution in [1.82, 2.24) is 10.3 Å². The quantitative estimate of drug-likeness (QED) is 0.478. The van der Waals surface area contributed by atoms with Gasteiger partial charge in [0.25, 0.3) is 15.9 Å². The van der Waals surface area contributed by atoms with Gasteiger partial charge in [0.15, 0.2) is 0 Å². The molecule has 3 aromatic rings. The molecular weight excluding hydrogens is 426 g/mol. The maximum atomic E-state index is 12.6. The van der Waals surface area contributed by atoms with Gasteiger partial charge < -0.3 is 10.1 Å². The zero-order valence-corrected chi connectivity index (χ0v) is 19.1. The zero-order valence-electron chi connectivity index (χ0n) is 18.3. The van der Waals surface area contributed by atoms with Crippen LogP contribution in [0.25, 0.3) is 0 Å². The van der Waals surface area contributed by atoms with Gasteiger partial charge >= 0.3 is 0 Å². The second kappa shape index (κ2) is 10.3. The van der Waals surface area contributed by atoms with Crippen LogP contribution in [-0.2, 0) is 10.0 Å². The molecule has 0 unspecified atom stereocenters. The van der Waals surface area contributed by atoms with Crippen molar-refractivity contribution in [3.05, 3.63) is 78.0 Å². The van der Waals surface area contributed by atoms with Gasteiger partial charge in [-0.1, -0.05) is 32.9 Å². The van der Waals surface area contributed by atoms with E-state index in [1.54, 1.807) is 48.5 Å². The molecule has 2 aromatic carbocycles. The lowest BCUT2D eigenvalue weighted by Gasteiger charge is -2.11. The SMILES string of the molecule is CCCNC(=O)c1ccc(Oc2ccc(NS(=O)(=O)c3ccc(C(C)C)cc3)cc2)nc1. The maximum absolute atomic E-state index is 12.6. The van der Waals surface area contributed by atoms with E-state index in [1.165, 1.54) is 6.20 Å². The fraction of sp³-hybridized carbons (Fsp3) is 0.250. The van der Waals surface area contributed by atoms with Gasteiger partial charge in [-0.15, -0.1) is 0 Å². The van der Waals surface area contributed by atoms with E-state index in [1.807, 2.05) is 19.1 Å². The van der Waals surface area contributed by atoms with Crippen molar-refractivity contribution >= 4 is 21.6 Å². The van der Waals surface area contributed by atoms with Crippen LogP contribution in [0.1, 0.15) is 49.0 Å². The van der Waals surface area contributed by atoms with Crippen LogP contribution in [0.2, 0.25) is 0 Å². The number of nitrogens with zero attached hydrogens (tertiary/aromatic N) is 1. The first-order valence-electron chi connectivity index (χ1n) is 10.4. The summed E-state index contributed by atoms with van der Waals surface area (Å²) in [7, 11) is -3.69. The van der Waals surface area contributed by atoms with Gasteiger partial charge in [-0.05, 0) is 60.4 Å². The summed E-state index contributed by atoms with van der Waals surface area (Å²) in [5.74, 6) is 0.970. The summed E-state index contributed by atoms with van der Waals surface area (Å²) in [6, 6.07) is 16.6. The lowest BCUT2D eigenvalue weighted by molar-refractivity contribution is 0.0953. The van der Waals surface area contributed by atoms with E-state index in [-0.39, 0.29) is 10.8 Å². The Bertz CT molecular complexity index is 1140. The second-order valence-corrected chi connectivity index (χ2v) is 9.28. The van der Waals surface area contributed by atoms with Crippen molar-refractivity contribution in [2.75, 3.05) is 11.3 Å². The number of sulfonamides is 1. The van der Waals surface area contributed by atoms with Crippen LogP contribution >= 0.6 is 0 Å². The fourth-order valence-electron chi connectivity index (χ4n) is 2.87. The van der Waals surface area contributed by atoms with Crippen molar-refractivity contribution < 1.29 is 17.9 Å². The lowest BCUT2D eigenvalue weighted by atomic mass is 10.0. The maximum Gasteiger partial charge on any atom is 0.261 e. The molecule has 32 heavy (non-hydrogen) atoms. The molecule has 8 heteroatoms. The van der Waals surface area contributed by atoms with E-state index in [2.05, 4.69) is 28.9 Å². The van der Waals surface area contributed by atoms with E-state index in [9.17, 15) is 13.2 Å². The fourth-order valence-corrected chi connectivity index (χ4v) is 3.93. The van der Waals surface area contributed by atoms with Crippen molar-refractivity contribution in [3.8, 4) is 11.6 Å². The first-order chi connectivity index (χ1) is 15.3. The van der Waals surface area contributed by atoms with Gasteiger partial charge in [0, 0.05) is 24.5 Å². The molecule has 0 saturated carbocycles. The van der Waals surface area contributed by atoms with Gasteiger partial charge in [0.1, 0.15) is 5.75 Å². The number of benzene rings is 2. The number of amides is 1. The van der Waals surface area contributed by atoms with E-state index < -0.39 is 10.0 Å². The molecule has 1 heterocycles. The number of ether oxygens (including phenoxy) is 1.